The summed E-state index contributed by atoms with van der Waals surface area (Å²) in [4.78, 5) is 12.2. The van der Waals surface area contributed by atoms with Crippen LogP contribution in [0.1, 0.15) is 69.4 Å². The minimum Gasteiger partial charge on any atom is -0.325 e. The van der Waals surface area contributed by atoms with E-state index in [1.807, 2.05) is 0 Å². The van der Waals surface area contributed by atoms with Crippen molar-refractivity contribution < 1.29 is 4.79 Å². The number of carbonyl (C=O) groups excluding carboxylic acids is 1. The number of ketones is 1. The number of rotatable bonds is 5. The van der Waals surface area contributed by atoms with Crippen molar-refractivity contribution >= 4 is 5.78 Å². The molecule has 1 aliphatic carbocycles. The van der Waals surface area contributed by atoms with E-state index in [4.69, 9.17) is 5.73 Å². The largest absolute Gasteiger partial charge is 0.325 e. The van der Waals surface area contributed by atoms with E-state index in [9.17, 15) is 4.79 Å². The van der Waals surface area contributed by atoms with Crippen LogP contribution in [0.3, 0.4) is 0 Å². The minimum atomic E-state index is -0.229. The average Bonchev–Trinajstić information content (AvgIpc) is 2.39. The molecule has 1 fully saturated rings. The van der Waals surface area contributed by atoms with E-state index in [-0.39, 0.29) is 11.3 Å². The van der Waals surface area contributed by atoms with E-state index in [1.54, 1.807) is 0 Å². The third kappa shape index (κ3) is 4.17. The summed E-state index contributed by atoms with van der Waals surface area (Å²) in [7, 11) is 0. The maximum Gasteiger partial charge on any atom is 0.139 e. The number of hydrogen-bond acceptors (Lipinski definition) is 2. The van der Waals surface area contributed by atoms with Crippen LogP contribution in [-0.2, 0) is 11.2 Å². The van der Waals surface area contributed by atoms with Crippen LogP contribution in [0, 0.1) is 0 Å². The molecule has 0 heterocycles. The third-order valence-corrected chi connectivity index (χ3v) is 4.45. The molecule has 2 heteroatoms. The Labute approximate surface area is 122 Å². The Morgan fingerprint density at radius 3 is 2.30 bits per heavy atom. The van der Waals surface area contributed by atoms with Gasteiger partial charge in [-0.15, -0.1) is 0 Å². The Morgan fingerprint density at radius 2 is 1.75 bits per heavy atom. The first-order chi connectivity index (χ1) is 9.48. The second-order valence-corrected chi connectivity index (χ2v) is 6.71. The summed E-state index contributed by atoms with van der Waals surface area (Å²) < 4.78 is 0. The van der Waals surface area contributed by atoms with Crippen molar-refractivity contribution in [2.24, 2.45) is 5.73 Å². The Balaban J connectivity index is 1.90. The predicted octanol–water partition coefficient (Wildman–Crippen LogP) is 3.97. The number of nitrogens with two attached hydrogens (primary N) is 1. The molecule has 0 aromatic heterocycles. The molecule has 0 spiro atoms. The normalized spacial score (nSPS) is 18.2. The highest BCUT2D eigenvalue weighted by molar-refractivity contribution is 5.82. The lowest BCUT2D eigenvalue weighted by Gasteiger charge is -2.32. The fraction of sp³-hybridized carbons (Fsp3) is 0.611. The van der Waals surface area contributed by atoms with Crippen molar-refractivity contribution in [3.8, 4) is 0 Å². The lowest BCUT2D eigenvalue weighted by Crippen LogP contribution is -2.43. The van der Waals surface area contributed by atoms with Crippen molar-refractivity contribution in [2.45, 2.75) is 70.3 Å². The smallest absolute Gasteiger partial charge is 0.139 e. The van der Waals surface area contributed by atoms with Gasteiger partial charge in [-0.2, -0.15) is 0 Å². The first kappa shape index (κ1) is 15.2. The molecule has 2 N–H and O–H groups in total. The van der Waals surface area contributed by atoms with E-state index in [1.165, 1.54) is 24.8 Å². The van der Waals surface area contributed by atoms with Gasteiger partial charge in [-0.1, -0.05) is 57.4 Å². The molecule has 1 saturated carbocycles. The van der Waals surface area contributed by atoms with E-state index < -0.39 is 0 Å². The molecular formula is C18H27NO. The van der Waals surface area contributed by atoms with Crippen LogP contribution in [0.5, 0.6) is 0 Å². The topological polar surface area (TPSA) is 43.1 Å². The first-order valence-electron chi connectivity index (χ1n) is 7.88. The molecule has 20 heavy (non-hydrogen) atoms. The Morgan fingerprint density at radius 1 is 1.15 bits per heavy atom. The zero-order chi connectivity index (χ0) is 14.6. The molecule has 1 aromatic rings. The van der Waals surface area contributed by atoms with Crippen LogP contribution >= 0.6 is 0 Å². The first-order valence-corrected chi connectivity index (χ1v) is 7.88. The number of benzene rings is 1. The zero-order valence-electron chi connectivity index (χ0n) is 12.8. The van der Waals surface area contributed by atoms with Crippen LogP contribution in [0.4, 0.5) is 0 Å². The van der Waals surface area contributed by atoms with E-state index in [0.717, 1.165) is 18.4 Å². The molecule has 0 aliphatic heterocycles. The lowest BCUT2D eigenvalue weighted by atomic mass is 9.78. The molecule has 0 saturated heterocycles. The molecule has 0 bridgehead atoms. The molecule has 1 aliphatic rings. The van der Waals surface area contributed by atoms with Crippen molar-refractivity contribution in [3.63, 3.8) is 0 Å². The highest BCUT2D eigenvalue weighted by atomic mass is 16.1. The monoisotopic (exact) mass is 273 g/mol. The Bertz CT molecular complexity index is 441. The SMILES string of the molecule is CC(C)c1ccc(CC(=O)CC2(N)CCCCC2)cc1. The van der Waals surface area contributed by atoms with Gasteiger partial charge in [-0.3, -0.25) is 4.79 Å². The maximum atomic E-state index is 12.2. The number of hydrogen-bond donors (Lipinski definition) is 1. The molecule has 0 atom stereocenters. The molecule has 110 valence electrons. The van der Waals surface area contributed by atoms with Gasteiger partial charge in [-0.05, 0) is 29.9 Å². The number of Topliss-reactive ketones (excluding diaryl/α,β-unsaturated/α-hetero) is 1. The summed E-state index contributed by atoms with van der Waals surface area (Å²) in [6.45, 7) is 4.36. The molecule has 1 aromatic carbocycles. The highest BCUT2D eigenvalue weighted by Crippen LogP contribution is 2.29. The van der Waals surface area contributed by atoms with Gasteiger partial charge in [0.2, 0.25) is 0 Å². The predicted molar refractivity (Wildman–Crippen MR) is 83.9 cm³/mol. The highest BCUT2D eigenvalue weighted by Gasteiger charge is 2.29. The van der Waals surface area contributed by atoms with Gasteiger partial charge in [0.15, 0.2) is 0 Å². The maximum absolute atomic E-state index is 12.2. The zero-order valence-corrected chi connectivity index (χ0v) is 12.8. The van der Waals surface area contributed by atoms with Gasteiger partial charge >= 0.3 is 0 Å². The van der Waals surface area contributed by atoms with Gasteiger partial charge in [-0.25, -0.2) is 0 Å². The molecular weight excluding hydrogens is 246 g/mol. The molecule has 0 amide bonds. The van der Waals surface area contributed by atoms with Crippen LogP contribution in [0.25, 0.3) is 0 Å². The minimum absolute atomic E-state index is 0.229. The van der Waals surface area contributed by atoms with Gasteiger partial charge < -0.3 is 5.73 Å². The van der Waals surface area contributed by atoms with Gasteiger partial charge in [0, 0.05) is 18.4 Å². The van der Waals surface area contributed by atoms with Crippen molar-refractivity contribution in [3.05, 3.63) is 35.4 Å². The summed E-state index contributed by atoms with van der Waals surface area (Å²) in [5.74, 6) is 0.820. The van der Waals surface area contributed by atoms with Crippen molar-refractivity contribution in [2.75, 3.05) is 0 Å². The van der Waals surface area contributed by atoms with Crippen molar-refractivity contribution in [1.29, 1.82) is 0 Å². The van der Waals surface area contributed by atoms with E-state index in [0.29, 0.717) is 18.8 Å². The van der Waals surface area contributed by atoms with Crippen LogP contribution in [0.2, 0.25) is 0 Å². The summed E-state index contributed by atoms with van der Waals surface area (Å²) >= 11 is 0. The van der Waals surface area contributed by atoms with Gasteiger partial charge in [0.1, 0.15) is 5.78 Å². The quantitative estimate of drug-likeness (QED) is 0.882. The van der Waals surface area contributed by atoms with E-state index in [2.05, 4.69) is 38.1 Å². The van der Waals surface area contributed by atoms with Crippen LogP contribution in [0.15, 0.2) is 24.3 Å². The second-order valence-electron chi connectivity index (χ2n) is 6.71. The number of carbonyl (C=O) groups is 1. The third-order valence-electron chi connectivity index (χ3n) is 4.45. The summed E-state index contributed by atoms with van der Waals surface area (Å²) in [6, 6.07) is 8.42. The fourth-order valence-corrected chi connectivity index (χ4v) is 3.14. The Hall–Kier alpha value is -1.15. The molecule has 0 unspecified atom stereocenters. The summed E-state index contributed by atoms with van der Waals surface area (Å²) in [6.07, 6.45) is 6.69. The van der Waals surface area contributed by atoms with Gasteiger partial charge in [0.25, 0.3) is 0 Å². The second kappa shape index (κ2) is 6.53. The van der Waals surface area contributed by atoms with Crippen molar-refractivity contribution in [1.82, 2.24) is 0 Å². The van der Waals surface area contributed by atoms with Gasteiger partial charge in [0.05, 0.1) is 0 Å². The van der Waals surface area contributed by atoms with Crippen LogP contribution in [-0.4, -0.2) is 11.3 Å². The molecule has 0 radical (unpaired) electrons. The molecule has 2 nitrogen and oxygen atoms in total. The van der Waals surface area contributed by atoms with Crippen LogP contribution < -0.4 is 5.73 Å². The lowest BCUT2D eigenvalue weighted by molar-refractivity contribution is -0.119. The standard InChI is InChI=1S/C18H27NO/c1-14(2)16-8-6-15(7-9-16)12-17(20)13-18(19)10-4-3-5-11-18/h6-9,14H,3-5,10-13,19H2,1-2H3. The van der Waals surface area contributed by atoms with E-state index >= 15 is 0 Å². The summed E-state index contributed by atoms with van der Waals surface area (Å²) in [5, 5.41) is 0. The Kier molecular flexibility index (Phi) is 4.98. The summed E-state index contributed by atoms with van der Waals surface area (Å²) in [5.41, 5.74) is 8.56. The molecule has 2 rings (SSSR count). The fourth-order valence-electron chi connectivity index (χ4n) is 3.14. The average molecular weight is 273 g/mol.